The van der Waals surface area contributed by atoms with Crippen LogP contribution in [0.15, 0.2) is 105 Å². The van der Waals surface area contributed by atoms with E-state index in [1.165, 1.54) is 36.4 Å². The van der Waals surface area contributed by atoms with E-state index < -0.39 is 41.8 Å². The third kappa shape index (κ3) is 8.59. The lowest BCUT2D eigenvalue weighted by Gasteiger charge is -2.10. The molecular formula is C32H26N6O8S4. The Morgan fingerprint density at radius 3 is 1.42 bits per heavy atom. The molecule has 2 aromatic heterocycles. The summed E-state index contributed by atoms with van der Waals surface area (Å²) in [6, 6.07) is 22.3. The number of fused-ring (bicyclic) bond motifs is 2. The number of aromatic amines is 2. The summed E-state index contributed by atoms with van der Waals surface area (Å²) in [5.74, 6) is -1.01. The van der Waals surface area contributed by atoms with Crippen LogP contribution in [0.2, 0.25) is 0 Å². The number of para-hydroxylation sites is 4. The fraction of sp³-hybridized carbons (Fsp3) is 0.0625. The lowest BCUT2D eigenvalue weighted by molar-refractivity contribution is -0.114. The number of hydrogen-bond acceptors (Lipinski definition) is 10. The van der Waals surface area contributed by atoms with E-state index in [1.807, 2.05) is 48.5 Å². The second-order valence-electron chi connectivity index (χ2n) is 10.6. The molecule has 4 aromatic carbocycles. The number of carbonyl (C=O) groups excluding carboxylic acids is 2. The number of carbonyl (C=O) groups is 2. The van der Waals surface area contributed by atoms with Gasteiger partial charge in [0.15, 0.2) is 10.3 Å². The Labute approximate surface area is 293 Å². The number of rotatable bonds is 12. The summed E-state index contributed by atoms with van der Waals surface area (Å²) in [4.78, 5) is 39.1. The van der Waals surface area contributed by atoms with Crippen molar-refractivity contribution >= 4 is 101 Å². The summed E-state index contributed by atoms with van der Waals surface area (Å²) in [5.41, 5.74) is 3.21. The first-order valence-electron chi connectivity index (χ1n) is 14.5. The molecule has 0 aliphatic heterocycles. The van der Waals surface area contributed by atoms with Crippen molar-refractivity contribution < 1.29 is 35.5 Å². The third-order valence-corrected chi connectivity index (χ3v) is 10.6. The molecule has 0 fully saturated rings. The van der Waals surface area contributed by atoms with Crippen LogP contribution in [0.25, 0.3) is 34.2 Å². The van der Waals surface area contributed by atoms with Crippen LogP contribution in [0.3, 0.4) is 0 Å². The van der Waals surface area contributed by atoms with Crippen molar-refractivity contribution in [1.29, 1.82) is 0 Å². The van der Waals surface area contributed by atoms with E-state index in [9.17, 15) is 35.5 Å². The SMILES string of the molecule is O=C(CSc1nc2ccccc2[nH]1)Nc1ccc(/C=C/c2ccc(NC(=O)CSc3nc4ccccc4[nH]3)cc2S(=O)(=O)O)c(S(=O)(=O)O)c1. The van der Waals surface area contributed by atoms with E-state index >= 15 is 0 Å². The van der Waals surface area contributed by atoms with Gasteiger partial charge in [-0.25, -0.2) is 9.97 Å². The van der Waals surface area contributed by atoms with Crippen LogP contribution >= 0.6 is 23.5 Å². The number of nitrogens with one attached hydrogen (secondary N) is 4. The van der Waals surface area contributed by atoms with E-state index in [4.69, 9.17) is 0 Å². The molecule has 2 amide bonds. The van der Waals surface area contributed by atoms with Gasteiger partial charge in [-0.3, -0.25) is 18.7 Å². The number of anilines is 2. The number of benzene rings is 4. The topological polar surface area (TPSA) is 224 Å². The van der Waals surface area contributed by atoms with E-state index in [-0.39, 0.29) is 34.0 Å². The fourth-order valence-electron chi connectivity index (χ4n) is 4.78. The summed E-state index contributed by atoms with van der Waals surface area (Å²) >= 11 is 2.29. The molecule has 50 heavy (non-hydrogen) atoms. The lowest BCUT2D eigenvalue weighted by Crippen LogP contribution is -2.15. The van der Waals surface area contributed by atoms with Crippen molar-refractivity contribution in [2.24, 2.45) is 0 Å². The zero-order valence-electron chi connectivity index (χ0n) is 25.5. The number of thioether (sulfide) groups is 2. The van der Waals surface area contributed by atoms with Gasteiger partial charge in [-0.05, 0) is 59.7 Å². The zero-order valence-corrected chi connectivity index (χ0v) is 28.8. The Morgan fingerprint density at radius 1 is 0.640 bits per heavy atom. The quantitative estimate of drug-likeness (QED) is 0.0514. The van der Waals surface area contributed by atoms with Crippen molar-refractivity contribution in [3.8, 4) is 0 Å². The highest BCUT2D eigenvalue weighted by Gasteiger charge is 2.19. The number of nitrogens with zero attached hydrogens (tertiary/aromatic N) is 2. The van der Waals surface area contributed by atoms with Gasteiger partial charge in [0.05, 0.1) is 33.6 Å². The fourth-order valence-corrected chi connectivity index (χ4v) is 7.57. The van der Waals surface area contributed by atoms with E-state index in [0.717, 1.165) is 57.7 Å². The molecule has 6 aromatic rings. The van der Waals surface area contributed by atoms with Gasteiger partial charge in [0.1, 0.15) is 9.79 Å². The molecule has 0 spiro atoms. The maximum Gasteiger partial charge on any atom is 0.295 e. The molecule has 256 valence electrons. The van der Waals surface area contributed by atoms with Crippen molar-refractivity contribution in [3.05, 3.63) is 96.1 Å². The number of H-pyrrole nitrogens is 2. The Hall–Kier alpha value is -4.98. The third-order valence-electron chi connectivity index (χ3n) is 7.01. The first-order chi connectivity index (χ1) is 23.8. The highest BCUT2D eigenvalue weighted by Crippen LogP contribution is 2.27. The maximum absolute atomic E-state index is 12.6. The van der Waals surface area contributed by atoms with Gasteiger partial charge in [0, 0.05) is 11.4 Å². The molecule has 0 aliphatic carbocycles. The highest BCUT2D eigenvalue weighted by atomic mass is 32.2. The second-order valence-corrected chi connectivity index (χ2v) is 15.3. The normalized spacial score (nSPS) is 12.1. The first kappa shape index (κ1) is 34.9. The minimum atomic E-state index is -4.80. The molecule has 6 N–H and O–H groups in total. The molecule has 0 unspecified atom stereocenters. The van der Waals surface area contributed by atoms with Gasteiger partial charge in [0.25, 0.3) is 20.2 Å². The number of amides is 2. The second kappa shape index (κ2) is 14.5. The summed E-state index contributed by atoms with van der Waals surface area (Å²) in [6.07, 6.45) is 2.44. The summed E-state index contributed by atoms with van der Waals surface area (Å²) in [6.45, 7) is 0. The van der Waals surface area contributed by atoms with Crippen LogP contribution in [0, 0.1) is 0 Å². The van der Waals surface area contributed by atoms with Gasteiger partial charge < -0.3 is 20.6 Å². The predicted octanol–water partition coefficient (Wildman–Crippen LogP) is 5.56. The Kier molecular flexibility index (Phi) is 10.1. The monoisotopic (exact) mass is 750 g/mol. The Morgan fingerprint density at radius 2 is 1.04 bits per heavy atom. The van der Waals surface area contributed by atoms with Gasteiger partial charge >= 0.3 is 0 Å². The zero-order chi connectivity index (χ0) is 35.5. The molecule has 0 saturated carbocycles. The van der Waals surface area contributed by atoms with E-state index in [1.54, 1.807) is 0 Å². The van der Waals surface area contributed by atoms with E-state index in [0.29, 0.717) is 10.3 Å². The number of imidazole rings is 2. The summed E-state index contributed by atoms with van der Waals surface area (Å²) < 4.78 is 68.9. The summed E-state index contributed by atoms with van der Waals surface area (Å²) in [7, 11) is -9.61. The molecule has 2 heterocycles. The van der Waals surface area contributed by atoms with Crippen molar-refractivity contribution in [2.45, 2.75) is 20.1 Å². The average molecular weight is 751 g/mol. The average Bonchev–Trinajstić information content (AvgIpc) is 3.69. The molecule has 0 radical (unpaired) electrons. The summed E-state index contributed by atoms with van der Waals surface area (Å²) in [5, 5.41) is 6.21. The van der Waals surface area contributed by atoms with Crippen LogP contribution in [0.5, 0.6) is 0 Å². The van der Waals surface area contributed by atoms with Crippen LogP contribution in [-0.2, 0) is 29.8 Å². The minimum Gasteiger partial charge on any atom is -0.333 e. The number of aromatic nitrogens is 4. The van der Waals surface area contributed by atoms with E-state index in [2.05, 4.69) is 30.6 Å². The molecule has 0 saturated heterocycles. The van der Waals surface area contributed by atoms with Crippen LogP contribution in [0.1, 0.15) is 11.1 Å². The van der Waals surface area contributed by atoms with Gasteiger partial charge in [0.2, 0.25) is 11.8 Å². The van der Waals surface area contributed by atoms with Crippen molar-refractivity contribution in [3.63, 3.8) is 0 Å². The molecule has 18 heteroatoms. The molecular weight excluding hydrogens is 725 g/mol. The van der Waals surface area contributed by atoms with Crippen LogP contribution in [0.4, 0.5) is 11.4 Å². The number of hydrogen-bond donors (Lipinski definition) is 6. The smallest absolute Gasteiger partial charge is 0.295 e. The maximum atomic E-state index is 12.6. The molecule has 6 rings (SSSR count). The Bertz CT molecular complexity index is 2270. The molecule has 0 bridgehead atoms. The molecule has 0 aliphatic rings. The van der Waals surface area contributed by atoms with Gasteiger partial charge in [-0.15, -0.1) is 0 Å². The highest BCUT2D eigenvalue weighted by molar-refractivity contribution is 8.00. The lowest BCUT2D eigenvalue weighted by atomic mass is 10.1. The van der Waals surface area contributed by atoms with Crippen molar-refractivity contribution in [2.75, 3.05) is 22.1 Å². The van der Waals surface area contributed by atoms with Crippen LogP contribution < -0.4 is 10.6 Å². The van der Waals surface area contributed by atoms with Crippen LogP contribution in [-0.4, -0.2) is 69.2 Å². The first-order valence-corrected chi connectivity index (χ1v) is 19.3. The largest absolute Gasteiger partial charge is 0.333 e. The van der Waals surface area contributed by atoms with Gasteiger partial charge in [-0.1, -0.05) is 72.1 Å². The van der Waals surface area contributed by atoms with Gasteiger partial charge in [-0.2, -0.15) is 16.8 Å². The Balaban J connectivity index is 1.14. The predicted molar refractivity (Wildman–Crippen MR) is 192 cm³/mol. The minimum absolute atomic E-state index is 0.0385. The molecule has 0 atom stereocenters. The molecule has 14 nitrogen and oxygen atoms in total. The van der Waals surface area contributed by atoms with Crippen molar-refractivity contribution in [1.82, 2.24) is 19.9 Å². The standard InChI is InChI=1S/C32H26N6O8S4/c39-29(17-47-31-35-23-5-1-2-6-24(23)36-31)33-21-13-11-19(27(15-21)49(41,42)43)9-10-20-12-14-22(16-28(20)50(44,45)46)34-30(40)18-48-32-37-25-7-3-4-8-26(25)38-32/h1-16H,17-18H2,(H,33,39)(H,34,40)(H,35,36)(H,37,38)(H,41,42,43)(H,44,45,46)/b10-9+.